The Morgan fingerprint density at radius 3 is 2.71 bits per heavy atom. The molecule has 0 aromatic heterocycles. The van der Waals surface area contributed by atoms with Crippen LogP contribution in [-0.4, -0.2) is 37.7 Å². The first-order chi connectivity index (χ1) is 9.67. The molecule has 0 bridgehead atoms. The molecule has 1 unspecified atom stereocenters. The van der Waals surface area contributed by atoms with Crippen LogP contribution >= 0.6 is 0 Å². The summed E-state index contributed by atoms with van der Waals surface area (Å²) in [5, 5.41) is 14.2. The van der Waals surface area contributed by atoms with E-state index in [0.29, 0.717) is 0 Å². The minimum atomic E-state index is -3.66. The second-order valence-electron chi connectivity index (χ2n) is 5.23. The van der Waals surface area contributed by atoms with E-state index in [0.717, 1.165) is 5.56 Å². The fourth-order valence-corrected chi connectivity index (χ4v) is 3.39. The number of rotatable bonds is 4. The van der Waals surface area contributed by atoms with Crippen LogP contribution in [0.3, 0.4) is 0 Å². The molecule has 1 amide bonds. The smallest absolute Gasteiger partial charge is 0.337 e. The van der Waals surface area contributed by atoms with E-state index in [4.69, 9.17) is 5.14 Å². The predicted molar refractivity (Wildman–Crippen MR) is 76.6 cm³/mol. The molecule has 1 atom stereocenters. The fraction of sp³-hybridized carbons (Fsp3) is 0.385. The summed E-state index contributed by atoms with van der Waals surface area (Å²) in [7, 11) is -3.66. The van der Waals surface area contributed by atoms with Gasteiger partial charge in [-0.25, -0.2) is 18.4 Å². The summed E-state index contributed by atoms with van der Waals surface area (Å²) in [4.78, 5) is 24.6. The largest absolute Gasteiger partial charge is 0.478 e. The Bertz CT molecular complexity index is 699. The van der Waals surface area contributed by atoms with E-state index in [1.54, 1.807) is 19.1 Å². The molecule has 1 aliphatic rings. The van der Waals surface area contributed by atoms with Crippen molar-refractivity contribution in [3.8, 4) is 0 Å². The summed E-state index contributed by atoms with van der Waals surface area (Å²) < 4.78 is 22.2. The molecule has 1 heterocycles. The third-order valence-corrected chi connectivity index (χ3v) is 4.28. The van der Waals surface area contributed by atoms with Gasteiger partial charge in [-0.3, -0.25) is 4.79 Å². The van der Waals surface area contributed by atoms with Gasteiger partial charge in [0.2, 0.25) is 15.9 Å². The van der Waals surface area contributed by atoms with Gasteiger partial charge in [0.05, 0.1) is 17.0 Å². The average Bonchev–Trinajstić information content (AvgIpc) is 2.67. The molecule has 3 N–H and O–H groups in total. The summed E-state index contributed by atoms with van der Waals surface area (Å²) in [6.45, 7) is 1.91. The number of nitrogens with two attached hydrogens (primary N) is 1. The monoisotopic (exact) mass is 312 g/mol. The number of nitrogens with zero attached hydrogens (tertiary/aromatic N) is 1. The second-order valence-corrected chi connectivity index (χ2v) is 6.89. The fourth-order valence-electron chi connectivity index (χ4n) is 2.51. The van der Waals surface area contributed by atoms with Crippen molar-refractivity contribution in [2.24, 2.45) is 11.1 Å². The normalized spacial score (nSPS) is 19.0. The van der Waals surface area contributed by atoms with E-state index in [9.17, 15) is 23.1 Å². The van der Waals surface area contributed by atoms with Gasteiger partial charge in [0.15, 0.2) is 0 Å². The molecule has 114 valence electrons. The Kier molecular flexibility index (Phi) is 4.02. The number of amides is 1. The summed E-state index contributed by atoms with van der Waals surface area (Å²) in [5.41, 5.74) is 1.08. The second kappa shape index (κ2) is 5.45. The summed E-state index contributed by atoms with van der Waals surface area (Å²) in [5.74, 6) is -2.13. The number of hydrogen-bond acceptors (Lipinski definition) is 4. The van der Waals surface area contributed by atoms with Gasteiger partial charge >= 0.3 is 5.97 Å². The van der Waals surface area contributed by atoms with Gasteiger partial charge in [-0.1, -0.05) is 11.6 Å². The highest BCUT2D eigenvalue weighted by atomic mass is 32.2. The van der Waals surface area contributed by atoms with Gasteiger partial charge < -0.3 is 10.0 Å². The number of sulfonamides is 1. The molecule has 0 radical (unpaired) electrons. The molecule has 1 saturated heterocycles. The Morgan fingerprint density at radius 1 is 1.48 bits per heavy atom. The van der Waals surface area contributed by atoms with Crippen molar-refractivity contribution in [2.75, 3.05) is 17.2 Å². The number of carbonyl (C=O) groups is 2. The van der Waals surface area contributed by atoms with Gasteiger partial charge in [0.25, 0.3) is 0 Å². The first-order valence-electron chi connectivity index (χ1n) is 6.32. The molecule has 0 saturated carbocycles. The number of aryl methyl sites for hydroxylation is 1. The van der Waals surface area contributed by atoms with E-state index < -0.39 is 21.9 Å². The van der Waals surface area contributed by atoms with E-state index >= 15 is 0 Å². The maximum absolute atomic E-state index is 12.0. The van der Waals surface area contributed by atoms with Gasteiger partial charge in [0, 0.05) is 18.9 Å². The molecular formula is C13H16N2O5S. The average molecular weight is 312 g/mol. The predicted octanol–water partition coefficient (Wildman–Crippen LogP) is 0.335. The first-order valence-corrected chi connectivity index (χ1v) is 8.03. The van der Waals surface area contributed by atoms with Crippen LogP contribution in [0, 0.1) is 12.8 Å². The minimum absolute atomic E-state index is 0.0274. The molecule has 8 heteroatoms. The van der Waals surface area contributed by atoms with E-state index in [1.807, 2.05) is 0 Å². The Labute approximate surface area is 122 Å². The highest BCUT2D eigenvalue weighted by molar-refractivity contribution is 7.89. The third kappa shape index (κ3) is 3.59. The number of aromatic carboxylic acids is 1. The van der Waals surface area contributed by atoms with Crippen molar-refractivity contribution in [3.05, 3.63) is 29.3 Å². The Morgan fingerprint density at radius 2 is 2.14 bits per heavy atom. The highest BCUT2D eigenvalue weighted by Gasteiger charge is 2.34. The quantitative estimate of drug-likeness (QED) is 0.831. The Balaban J connectivity index is 2.31. The lowest BCUT2D eigenvalue weighted by atomic mass is 10.1. The van der Waals surface area contributed by atoms with Gasteiger partial charge in [0.1, 0.15) is 0 Å². The number of primary sulfonamides is 1. The zero-order chi connectivity index (χ0) is 15.8. The van der Waals surface area contributed by atoms with Gasteiger partial charge in [-0.05, 0) is 19.1 Å². The van der Waals surface area contributed by atoms with Crippen molar-refractivity contribution in [1.82, 2.24) is 0 Å². The number of carbonyl (C=O) groups excluding carboxylic acids is 1. The van der Waals surface area contributed by atoms with E-state index in [1.165, 1.54) is 11.0 Å². The van der Waals surface area contributed by atoms with Gasteiger partial charge in [-0.2, -0.15) is 0 Å². The van der Waals surface area contributed by atoms with E-state index in [2.05, 4.69) is 0 Å². The lowest BCUT2D eigenvalue weighted by Crippen LogP contribution is -2.28. The summed E-state index contributed by atoms with van der Waals surface area (Å²) >= 11 is 0. The number of benzene rings is 1. The van der Waals surface area contributed by atoms with Crippen LogP contribution in [-0.2, 0) is 14.8 Å². The SMILES string of the molecule is Cc1ccc(N2CC(CS(N)(=O)=O)CC2=O)c(C(=O)O)c1. The van der Waals surface area contributed by atoms with Crippen molar-refractivity contribution in [3.63, 3.8) is 0 Å². The number of anilines is 1. The summed E-state index contributed by atoms with van der Waals surface area (Å²) in [6.07, 6.45) is 0.0450. The van der Waals surface area contributed by atoms with Crippen LogP contribution in [0.5, 0.6) is 0 Å². The number of carboxylic acids is 1. The van der Waals surface area contributed by atoms with E-state index in [-0.39, 0.29) is 35.9 Å². The highest BCUT2D eigenvalue weighted by Crippen LogP contribution is 2.29. The lowest BCUT2D eigenvalue weighted by Gasteiger charge is -2.19. The van der Waals surface area contributed by atoms with Crippen LogP contribution in [0.15, 0.2) is 18.2 Å². The van der Waals surface area contributed by atoms with Crippen LogP contribution < -0.4 is 10.0 Å². The minimum Gasteiger partial charge on any atom is -0.478 e. The molecule has 1 fully saturated rings. The standard InChI is InChI=1S/C13H16N2O5S/c1-8-2-3-11(10(4-8)13(17)18)15-6-9(5-12(15)16)7-21(14,19)20/h2-4,9H,5-7H2,1H3,(H,17,18)(H2,14,19,20). The topological polar surface area (TPSA) is 118 Å². The van der Waals surface area contributed by atoms with Crippen LogP contribution in [0.4, 0.5) is 5.69 Å². The van der Waals surface area contributed by atoms with Gasteiger partial charge in [-0.15, -0.1) is 0 Å². The molecule has 7 nitrogen and oxygen atoms in total. The third-order valence-electron chi connectivity index (χ3n) is 3.35. The maximum Gasteiger partial charge on any atom is 0.337 e. The van der Waals surface area contributed by atoms with Crippen molar-refractivity contribution in [1.29, 1.82) is 0 Å². The zero-order valence-electron chi connectivity index (χ0n) is 11.4. The molecule has 0 aliphatic carbocycles. The molecule has 21 heavy (non-hydrogen) atoms. The first kappa shape index (κ1) is 15.5. The maximum atomic E-state index is 12.0. The van der Waals surface area contributed by atoms with Crippen LogP contribution in [0.2, 0.25) is 0 Å². The molecule has 1 aromatic rings. The zero-order valence-corrected chi connectivity index (χ0v) is 12.3. The molecule has 0 spiro atoms. The molecular weight excluding hydrogens is 296 g/mol. The molecule has 1 aromatic carbocycles. The van der Waals surface area contributed by atoms with Crippen molar-refractivity contribution >= 4 is 27.6 Å². The molecule has 1 aliphatic heterocycles. The molecule has 2 rings (SSSR count). The van der Waals surface area contributed by atoms with Crippen LogP contribution in [0.25, 0.3) is 0 Å². The van der Waals surface area contributed by atoms with Crippen molar-refractivity contribution < 1.29 is 23.1 Å². The van der Waals surface area contributed by atoms with Crippen LogP contribution in [0.1, 0.15) is 22.3 Å². The van der Waals surface area contributed by atoms with Crippen molar-refractivity contribution in [2.45, 2.75) is 13.3 Å². The number of hydrogen-bond donors (Lipinski definition) is 2. The Hall–Kier alpha value is -1.93. The lowest BCUT2D eigenvalue weighted by molar-refractivity contribution is -0.117. The number of carboxylic acid groups (broad SMARTS) is 1. The summed E-state index contributed by atoms with van der Waals surface area (Å²) in [6, 6.07) is 4.76.